The predicted octanol–water partition coefficient (Wildman–Crippen LogP) is 8.26. The molecular formula is C35H24N4. The molecule has 8 rings (SSSR count). The van der Waals surface area contributed by atoms with Crippen LogP contribution in [-0.2, 0) is 5.66 Å². The molecule has 184 valence electrons. The summed E-state index contributed by atoms with van der Waals surface area (Å²) in [7, 11) is 0. The second-order valence-corrected chi connectivity index (χ2v) is 9.95. The summed E-state index contributed by atoms with van der Waals surface area (Å²) >= 11 is 0. The minimum Gasteiger partial charge on any atom is -0.353 e. The van der Waals surface area contributed by atoms with Crippen LogP contribution in [0.1, 0.15) is 11.1 Å². The fourth-order valence-corrected chi connectivity index (χ4v) is 6.10. The summed E-state index contributed by atoms with van der Waals surface area (Å²) in [4.78, 5) is 12.8. The molecule has 39 heavy (non-hydrogen) atoms. The molecule has 4 nitrogen and oxygen atoms in total. The topological polar surface area (TPSA) is 41.1 Å². The first-order chi connectivity index (χ1) is 19.3. The van der Waals surface area contributed by atoms with Gasteiger partial charge >= 0.3 is 0 Å². The van der Waals surface area contributed by atoms with Crippen molar-refractivity contribution in [3.05, 3.63) is 151 Å². The maximum atomic E-state index is 5.25. The Morgan fingerprint density at radius 1 is 0.513 bits per heavy atom. The highest BCUT2D eigenvalue weighted by Crippen LogP contribution is 2.58. The minimum absolute atomic E-state index is 0.652. The molecule has 0 unspecified atom stereocenters. The van der Waals surface area contributed by atoms with Gasteiger partial charge in [0.1, 0.15) is 0 Å². The van der Waals surface area contributed by atoms with Gasteiger partial charge in [-0.3, -0.25) is 4.90 Å². The van der Waals surface area contributed by atoms with Crippen LogP contribution in [-0.4, -0.2) is 9.97 Å². The van der Waals surface area contributed by atoms with Crippen LogP contribution in [0.15, 0.2) is 140 Å². The average molecular weight is 501 g/mol. The molecular weight excluding hydrogens is 476 g/mol. The second kappa shape index (κ2) is 8.40. The molecule has 0 amide bonds. The van der Waals surface area contributed by atoms with Gasteiger partial charge in [0, 0.05) is 22.3 Å². The molecule has 6 aromatic rings. The molecule has 1 spiro atoms. The van der Waals surface area contributed by atoms with Crippen LogP contribution in [0.5, 0.6) is 0 Å². The van der Waals surface area contributed by atoms with Crippen molar-refractivity contribution in [2.24, 2.45) is 0 Å². The van der Waals surface area contributed by atoms with E-state index in [4.69, 9.17) is 9.97 Å². The van der Waals surface area contributed by atoms with Crippen molar-refractivity contribution >= 4 is 17.3 Å². The van der Waals surface area contributed by atoms with Crippen LogP contribution < -0.4 is 10.2 Å². The molecule has 0 bridgehead atoms. The van der Waals surface area contributed by atoms with E-state index in [0.717, 1.165) is 33.9 Å². The van der Waals surface area contributed by atoms with Crippen molar-refractivity contribution in [2.45, 2.75) is 5.66 Å². The Labute approximate surface area is 227 Å². The van der Waals surface area contributed by atoms with Crippen LogP contribution in [0.2, 0.25) is 0 Å². The van der Waals surface area contributed by atoms with E-state index in [-0.39, 0.29) is 0 Å². The quantitative estimate of drug-likeness (QED) is 0.266. The number of fused-ring (bicyclic) bond motifs is 6. The Morgan fingerprint density at radius 3 is 1.59 bits per heavy atom. The van der Waals surface area contributed by atoms with Crippen molar-refractivity contribution in [3.8, 4) is 33.6 Å². The molecule has 2 heterocycles. The lowest BCUT2D eigenvalue weighted by atomic mass is 9.96. The fraction of sp³-hybridized carbons (Fsp3) is 0.0286. The fourth-order valence-electron chi connectivity index (χ4n) is 6.10. The molecule has 4 heteroatoms. The zero-order chi connectivity index (χ0) is 25.8. The molecule has 0 saturated heterocycles. The van der Waals surface area contributed by atoms with Crippen LogP contribution in [0.3, 0.4) is 0 Å². The first kappa shape index (κ1) is 21.8. The van der Waals surface area contributed by atoms with Gasteiger partial charge in [-0.2, -0.15) is 0 Å². The molecule has 1 aliphatic carbocycles. The normalized spacial score (nSPS) is 14.0. The summed E-state index contributed by atoms with van der Waals surface area (Å²) in [6.07, 6.45) is 0. The number of para-hydroxylation sites is 2. The lowest BCUT2D eigenvalue weighted by Gasteiger charge is -2.37. The summed E-state index contributed by atoms with van der Waals surface area (Å²) in [5.41, 5.74) is 10.1. The summed E-state index contributed by atoms with van der Waals surface area (Å²) in [6.45, 7) is 0. The Bertz CT molecular complexity index is 1740. The Morgan fingerprint density at radius 2 is 1.00 bits per heavy atom. The SMILES string of the molecule is c1ccc(-c2cc(-c3ccccc3)nc(N3c4ccccc4NC34c3ccccc3-c3ccccc34)n2)cc1. The molecule has 0 fully saturated rings. The third kappa shape index (κ3) is 3.18. The van der Waals surface area contributed by atoms with Crippen LogP contribution >= 0.6 is 0 Å². The van der Waals surface area contributed by atoms with E-state index in [2.05, 4.69) is 138 Å². The van der Waals surface area contributed by atoms with E-state index in [9.17, 15) is 0 Å². The first-order valence-corrected chi connectivity index (χ1v) is 13.2. The number of hydrogen-bond acceptors (Lipinski definition) is 4. The van der Waals surface area contributed by atoms with E-state index < -0.39 is 5.66 Å². The van der Waals surface area contributed by atoms with Gasteiger partial charge in [-0.1, -0.05) is 121 Å². The summed E-state index contributed by atoms with van der Waals surface area (Å²) in [6, 6.07) is 48.6. The van der Waals surface area contributed by atoms with Gasteiger partial charge in [-0.05, 0) is 29.3 Å². The Kier molecular flexibility index (Phi) is 4.70. The van der Waals surface area contributed by atoms with Gasteiger partial charge < -0.3 is 5.32 Å². The highest BCUT2D eigenvalue weighted by molar-refractivity contribution is 5.93. The van der Waals surface area contributed by atoms with Gasteiger partial charge in [-0.25, -0.2) is 9.97 Å². The zero-order valence-electron chi connectivity index (χ0n) is 21.1. The van der Waals surface area contributed by atoms with Crippen LogP contribution in [0, 0.1) is 0 Å². The number of aromatic nitrogens is 2. The van der Waals surface area contributed by atoms with Gasteiger partial charge in [0.2, 0.25) is 5.95 Å². The van der Waals surface area contributed by atoms with Crippen LogP contribution in [0.4, 0.5) is 17.3 Å². The molecule has 0 atom stereocenters. The highest BCUT2D eigenvalue weighted by Gasteiger charge is 2.53. The van der Waals surface area contributed by atoms with E-state index in [1.165, 1.54) is 22.3 Å². The summed E-state index contributed by atoms with van der Waals surface area (Å²) < 4.78 is 0. The number of benzene rings is 5. The van der Waals surface area contributed by atoms with E-state index in [1.807, 2.05) is 12.1 Å². The van der Waals surface area contributed by atoms with Gasteiger partial charge in [0.15, 0.2) is 5.66 Å². The maximum absolute atomic E-state index is 5.25. The van der Waals surface area contributed by atoms with E-state index >= 15 is 0 Å². The number of nitrogens with one attached hydrogen (secondary N) is 1. The molecule has 0 radical (unpaired) electrons. The van der Waals surface area contributed by atoms with Crippen LogP contribution in [0.25, 0.3) is 33.6 Å². The smallest absolute Gasteiger partial charge is 0.233 e. The number of rotatable bonds is 3. The second-order valence-electron chi connectivity index (χ2n) is 9.95. The minimum atomic E-state index is -0.680. The Balaban J connectivity index is 1.45. The summed E-state index contributed by atoms with van der Waals surface area (Å²) in [5.74, 6) is 0.652. The van der Waals surface area contributed by atoms with E-state index in [0.29, 0.717) is 5.95 Å². The van der Waals surface area contributed by atoms with Crippen molar-refractivity contribution < 1.29 is 0 Å². The van der Waals surface area contributed by atoms with Crippen molar-refractivity contribution in [2.75, 3.05) is 10.2 Å². The Hall–Kier alpha value is -5.22. The number of anilines is 3. The largest absolute Gasteiger partial charge is 0.353 e. The molecule has 2 aliphatic rings. The van der Waals surface area contributed by atoms with E-state index in [1.54, 1.807) is 0 Å². The zero-order valence-corrected chi connectivity index (χ0v) is 21.1. The third-order valence-corrected chi connectivity index (χ3v) is 7.77. The first-order valence-electron chi connectivity index (χ1n) is 13.2. The lowest BCUT2D eigenvalue weighted by Crippen LogP contribution is -2.45. The molecule has 5 aromatic carbocycles. The summed E-state index contributed by atoms with van der Waals surface area (Å²) in [5, 5.41) is 3.94. The molecule has 1 N–H and O–H groups in total. The lowest BCUT2D eigenvalue weighted by molar-refractivity contribution is 0.628. The molecule has 0 saturated carbocycles. The number of nitrogens with zero attached hydrogens (tertiary/aromatic N) is 3. The number of hydrogen-bond donors (Lipinski definition) is 1. The van der Waals surface area contributed by atoms with Gasteiger partial charge in [-0.15, -0.1) is 0 Å². The average Bonchev–Trinajstić information content (AvgIpc) is 3.51. The third-order valence-electron chi connectivity index (χ3n) is 7.77. The van der Waals surface area contributed by atoms with Gasteiger partial charge in [0.05, 0.1) is 22.8 Å². The highest BCUT2D eigenvalue weighted by atomic mass is 15.4. The van der Waals surface area contributed by atoms with Gasteiger partial charge in [0.25, 0.3) is 0 Å². The monoisotopic (exact) mass is 500 g/mol. The van der Waals surface area contributed by atoms with Crippen molar-refractivity contribution in [3.63, 3.8) is 0 Å². The molecule has 1 aliphatic heterocycles. The predicted molar refractivity (Wildman–Crippen MR) is 158 cm³/mol. The van der Waals surface area contributed by atoms with Crippen molar-refractivity contribution in [1.29, 1.82) is 0 Å². The standard InChI is InChI=1S/C35H24N4/c1-3-13-24(14-4-1)31-23-32(25-15-5-2-6-16-25)37-34(36-31)39-33-22-12-11-21-30(33)38-35(39)28-19-9-7-17-26(28)27-18-8-10-20-29(27)35/h1-23,38H. The maximum Gasteiger partial charge on any atom is 0.233 e. The van der Waals surface area contributed by atoms with Crippen molar-refractivity contribution in [1.82, 2.24) is 9.97 Å². The molecule has 1 aromatic heterocycles.